The Morgan fingerprint density at radius 1 is 1.07 bits per heavy atom. The molecule has 0 unspecified atom stereocenters. The summed E-state index contributed by atoms with van der Waals surface area (Å²) >= 11 is 0. The molecule has 1 saturated carbocycles. The van der Waals surface area contributed by atoms with E-state index < -0.39 is 17.6 Å². The van der Waals surface area contributed by atoms with Crippen LogP contribution in [0.15, 0.2) is 55.1 Å². The molecule has 0 spiro atoms. The van der Waals surface area contributed by atoms with Crippen LogP contribution in [0, 0.1) is 12.8 Å². The van der Waals surface area contributed by atoms with Crippen molar-refractivity contribution in [3.8, 4) is 22.7 Å². The lowest BCUT2D eigenvalue weighted by molar-refractivity contribution is -0.138. The van der Waals surface area contributed by atoms with E-state index in [4.69, 9.17) is 4.74 Å². The van der Waals surface area contributed by atoms with E-state index in [0.717, 1.165) is 62.6 Å². The molecule has 4 heterocycles. The summed E-state index contributed by atoms with van der Waals surface area (Å²) in [7, 11) is 1.14. The minimum Gasteiger partial charge on any atom is -0.496 e. The van der Waals surface area contributed by atoms with E-state index in [1.165, 1.54) is 31.6 Å². The fourth-order valence-corrected chi connectivity index (χ4v) is 5.20. The predicted octanol–water partition coefficient (Wildman–Crippen LogP) is 4.84. The van der Waals surface area contributed by atoms with E-state index in [-0.39, 0.29) is 17.0 Å². The molecule has 224 valence electrons. The first-order chi connectivity index (χ1) is 20.7. The molecule has 0 radical (unpaired) electrons. The highest BCUT2D eigenvalue weighted by Gasteiger charge is 2.35. The zero-order valence-corrected chi connectivity index (χ0v) is 23.8. The zero-order valence-electron chi connectivity index (χ0n) is 23.8. The minimum absolute atomic E-state index is 0.171. The van der Waals surface area contributed by atoms with Gasteiger partial charge in [-0.05, 0) is 56.0 Å². The number of piperazine rings is 1. The number of ether oxygens (including phenoxy) is 1. The van der Waals surface area contributed by atoms with Crippen molar-refractivity contribution in [3.63, 3.8) is 0 Å². The maximum absolute atomic E-state index is 13.4. The molecule has 10 nitrogen and oxygen atoms in total. The van der Waals surface area contributed by atoms with E-state index in [1.54, 1.807) is 30.1 Å². The highest BCUT2D eigenvalue weighted by Crippen LogP contribution is 2.37. The summed E-state index contributed by atoms with van der Waals surface area (Å²) in [6.45, 7) is 6.96. The standard InChI is InChI=1S/C30H31F3N8O2/c1-19-27(13-23(15-35-19)36-29(42)21-5-6-28(43-2)25(12-21)30(31,32)33)41-18-26(37-38-41)22-11-24(16-34-14-22)40-9-7-39(8-10-40)17-20-3-4-20/h5-6,11-16,18,20H,3-4,7-10,17H2,1-2H3,(H,36,42). The van der Waals surface area contributed by atoms with Crippen LogP contribution in [-0.4, -0.2) is 75.6 Å². The number of aryl methyl sites for hydroxylation is 1. The van der Waals surface area contributed by atoms with E-state index in [1.807, 2.05) is 6.20 Å². The molecule has 3 aromatic heterocycles. The summed E-state index contributed by atoms with van der Waals surface area (Å²) in [5, 5.41) is 11.2. The van der Waals surface area contributed by atoms with Crippen LogP contribution in [0.4, 0.5) is 24.5 Å². The molecule has 1 aromatic carbocycles. The normalized spacial score (nSPS) is 15.9. The second kappa shape index (κ2) is 11.6. The molecule has 6 rings (SSSR count). The molecule has 1 amide bonds. The highest BCUT2D eigenvalue weighted by molar-refractivity contribution is 6.04. The largest absolute Gasteiger partial charge is 0.496 e. The Balaban J connectivity index is 1.17. The van der Waals surface area contributed by atoms with E-state index in [9.17, 15) is 18.0 Å². The number of alkyl halides is 3. The molecule has 2 fully saturated rings. The number of halogens is 3. The van der Waals surface area contributed by atoms with E-state index >= 15 is 0 Å². The number of carbonyl (C=O) groups excluding carboxylic acids is 1. The van der Waals surface area contributed by atoms with Crippen molar-refractivity contribution in [1.29, 1.82) is 0 Å². The summed E-state index contributed by atoms with van der Waals surface area (Å²) in [6.07, 6.45) is 4.83. The number of methoxy groups -OCH3 is 1. The second-order valence-corrected chi connectivity index (χ2v) is 10.9. The van der Waals surface area contributed by atoms with Crippen LogP contribution < -0.4 is 15.0 Å². The summed E-state index contributed by atoms with van der Waals surface area (Å²) in [6, 6.07) is 6.85. The van der Waals surface area contributed by atoms with Crippen LogP contribution in [0.2, 0.25) is 0 Å². The Hall–Kier alpha value is -4.52. The fourth-order valence-electron chi connectivity index (χ4n) is 5.20. The van der Waals surface area contributed by atoms with Gasteiger partial charge in [0.25, 0.3) is 5.91 Å². The van der Waals surface area contributed by atoms with Gasteiger partial charge < -0.3 is 15.0 Å². The van der Waals surface area contributed by atoms with Crippen molar-refractivity contribution in [2.75, 3.05) is 50.1 Å². The SMILES string of the molecule is COc1ccc(C(=O)Nc2cnc(C)c(-n3cc(-c4cncc(N5CCN(CC6CC6)CC5)c4)nn3)c2)cc1C(F)(F)F. The van der Waals surface area contributed by atoms with Crippen molar-refractivity contribution >= 4 is 17.3 Å². The summed E-state index contributed by atoms with van der Waals surface area (Å²) < 4.78 is 46.7. The number of hydrogen-bond acceptors (Lipinski definition) is 8. The molecular formula is C30H31F3N8O2. The summed E-state index contributed by atoms with van der Waals surface area (Å²) in [5.74, 6) is -0.201. The number of anilines is 2. The number of benzene rings is 1. The number of nitrogens with one attached hydrogen (secondary N) is 1. The van der Waals surface area contributed by atoms with Gasteiger partial charge in [-0.15, -0.1) is 5.10 Å². The predicted molar refractivity (Wildman–Crippen MR) is 154 cm³/mol. The van der Waals surface area contributed by atoms with Gasteiger partial charge in [-0.3, -0.25) is 19.7 Å². The summed E-state index contributed by atoms with van der Waals surface area (Å²) in [4.78, 5) is 26.5. The van der Waals surface area contributed by atoms with Gasteiger partial charge in [0.15, 0.2) is 0 Å². The van der Waals surface area contributed by atoms with Crippen molar-refractivity contribution in [2.45, 2.75) is 25.9 Å². The van der Waals surface area contributed by atoms with Crippen LogP contribution in [-0.2, 0) is 6.18 Å². The Kier molecular flexibility index (Phi) is 7.74. The molecule has 0 atom stereocenters. The van der Waals surface area contributed by atoms with E-state index in [2.05, 4.69) is 41.5 Å². The third-order valence-electron chi connectivity index (χ3n) is 7.80. The fraction of sp³-hybridized carbons (Fsp3) is 0.367. The number of amides is 1. The average Bonchev–Trinajstić information content (AvgIpc) is 3.69. The molecular weight excluding hydrogens is 561 g/mol. The minimum atomic E-state index is -4.68. The van der Waals surface area contributed by atoms with Gasteiger partial charge in [0, 0.05) is 50.0 Å². The molecule has 1 N–H and O–H groups in total. The van der Waals surface area contributed by atoms with Crippen LogP contribution in [0.25, 0.3) is 16.9 Å². The average molecular weight is 593 g/mol. The third-order valence-corrected chi connectivity index (χ3v) is 7.80. The van der Waals surface area contributed by atoms with Crippen LogP contribution in [0.1, 0.15) is 34.5 Å². The number of nitrogens with zero attached hydrogens (tertiary/aromatic N) is 7. The maximum Gasteiger partial charge on any atom is 0.419 e. The van der Waals surface area contributed by atoms with Crippen molar-refractivity contribution in [1.82, 2.24) is 29.9 Å². The van der Waals surface area contributed by atoms with Crippen molar-refractivity contribution in [3.05, 3.63) is 71.9 Å². The first-order valence-corrected chi connectivity index (χ1v) is 14.1. The highest BCUT2D eigenvalue weighted by atomic mass is 19.4. The smallest absolute Gasteiger partial charge is 0.419 e. The topological polar surface area (TPSA) is 101 Å². The first kappa shape index (κ1) is 28.6. The lowest BCUT2D eigenvalue weighted by Crippen LogP contribution is -2.47. The molecule has 2 aliphatic rings. The third kappa shape index (κ3) is 6.46. The van der Waals surface area contributed by atoms with Crippen molar-refractivity contribution in [2.24, 2.45) is 5.92 Å². The zero-order chi connectivity index (χ0) is 30.1. The summed E-state index contributed by atoms with van der Waals surface area (Å²) in [5.41, 5.74) is 2.73. The Morgan fingerprint density at radius 3 is 2.58 bits per heavy atom. The van der Waals surface area contributed by atoms with Gasteiger partial charge >= 0.3 is 6.18 Å². The van der Waals surface area contributed by atoms with Gasteiger partial charge in [-0.25, -0.2) is 4.68 Å². The molecule has 0 bridgehead atoms. The second-order valence-electron chi connectivity index (χ2n) is 10.9. The number of pyridine rings is 2. The number of carbonyl (C=O) groups is 1. The van der Waals surface area contributed by atoms with Crippen molar-refractivity contribution < 1.29 is 22.7 Å². The van der Waals surface area contributed by atoms with Crippen LogP contribution in [0.3, 0.4) is 0 Å². The Morgan fingerprint density at radius 2 is 1.86 bits per heavy atom. The Bertz CT molecular complexity index is 1630. The van der Waals surface area contributed by atoms with Gasteiger partial charge in [0.2, 0.25) is 0 Å². The van der Waals surface area contributed by atoms with Gasteiger partial charge in [0.05, 0.1) is 54.0 Å². The number of aromatic nitrogens is 5. The Labute approximate surface area is 246 Å². The first-order valence-electron chi connectivity index (χ1n) is 14.1. The molecule has 1 aliphatic heterocycles. The molecule has 1 aliphatic carbocycles. The number of rotatable bonds is 8. The molecule has 43 heavy (non-hydrogen) atoms. The lowest BCUT2D eigenvalue weighted by atomic mass is 10.1. The van der Waals surface area contributed by atoms with Gasteiger partial charge in [-0.2, -0.15) is 13.2 Å². The molecule has 1 saturated heterocycles. The van der Waals surface area contributed by atoms with Crippen LogP contribution in [0.5, 0.6) is 5.75 Å². The van der Waals surface area contributed by atoms with E-state index in [0.29, 0.717) is 17.1 Å². The quantitative estimate of drug-likeness (QED) is 0.310. The van der Waals surface area contributed by atoms with Gasteiger partial charge in [0.1, 0.15) is 11.4 Å². The van der Waals surface area contributed by atoms with Crippen LogP contribution >= 0.6 is 0 Å². The molecule has 4 aromatic rings. The molecule has 13 heteroatoms. The number of hydrogen-bond donors (Lipinski definition) is 1. The maximum atomic E-state index is 13.4. The van der Waals surface area contributed by atoms with Gasteiger partial charge in [-0.1, -0.05) is 5.21 Å². The monoisotopic (exact) mass is 592 g/mol. The lowest BCUT2D eigenvalue weighted by Gasteiger charge is -2.36.